The molecule has 5 nitrogen and oxygen atoms in total. The van der Waals surface area contributed by atoms with Gasteiger partial charge in [-0.25, -0.2) is 13.4 Å². The molecule has 0 saturated carbocycles. The highest BCUT2D eigenvalue weighted by atomic mass is 32.2. The molecule has 0 aliphatic rings. The maximum atomic E-state index is 11.1. The third-order valence-corrected chi connectivity index (χ3v) is 2.20. The van der Waals surface area contributed by atoms with E-state index in [1.807, 2.05) is 0 Å². The summed E-state index contributed by atoms with van der Waals surface area (Å²) in [6.07, 6.45) is 1.06. The van der Waals surface area contributed by atoms with Gasteiger partial charge >= 0.3 is 0 Å². The van der Waals surface area contributed by atoms with Crippen molar-refractivity contribution >= 4 is 9.84 Å². The van der Waals surface area contributed by atoms with Gasteiger partial charge < -0.3 is 4.74 Å². The number of sulfone groups is 1. The van der Waals surface area contributed by atoms with E-state index in [9.17, 15) is 8.42 Å². The SMILES string of the molecule is COc1cc(C)nc(S(C)(=O)=O)n1. The molecule has 0 aromatic carbocycles. The van der Waals surface area contributed by atoms with Crippen molar-refractivity contribution in [1.82, 2.24) is 9.97 Å². The lowest BCUT2D eigenvalue weighted by atomic mass is 10.4. The largest absolute Gasteiger partial charge is 0.481 e. The van der Waals surface area contributed by atoms with Gasteiger partial charge in [-0.2, -0.15) is 4.98 Å². The fraction of sp³-hybridized carbons (Fsp3) is 0.429. The first-order valence-corrected chi connectivity index (χ1v) is 5.42. The summed E-state index contributed by atoms with van der Waals surface area (Å²) in [6.45, 7) is 1.68. The van der Waals surface area contributed by atoms with E-state index in [0.717, 1.165) is 6.26 Å². The molecule has 0 atom stereocenters. The molecule has 0 bridgehead atoms. The fourth-order valence-corrected chi connectivity index (χ4v) is 1.35. The normalized spacial score (nSPS) is 11.3. The number of methoxy groups -OCH3 is 1. The molecular weight excluding hydrogens is 192 g/mol. The molecule has 0 radical (unpaired) electrons. The quantitative estimate of drug-likeness (QED) is 0.641. The highest BCUT2D eigenvalue weighted by Gasteiger charge is 2.12. The molecule has 0 unspecified atom stereocenters. The molecule has 1 rings (SSSR count). The minimum absolute atomic E-state index is 0.204. The Kier molecular flexibility index (Phi) is 2.51. The molecule has 13 heavy (non-hydrogen) atoms. The van der Waals surface area contributed by atoms with Crippen molar-refractivity contribution in [2.45, 2.75) is 12.1 Å². The van der Waals surface area contributed by atoms with Crippen LogP contribution in [-0.4, -0.2) is 31.8 Å². The van der Waals surface area contributed by atoms with Crippen LogP contribution in [0.5, 0.6) is 5.88 Å². The van der Waals surface area contributed by atoms with Crippen LogP contribution < -0.4 is 4.74 Å². The standard InChI is InChI=1S/C7H10N2O3S/c1-5-4-6(12-2)9-7(8-5)13(3,10)11/h4H,1-3H3. The number of aryl methyl sites for hydroxylation is 1. The zero-order valence-electron chi connectivity index (χ0n) is 7.60. The Morgan fingerprint density at radius 2 is 2.00 bits per heavy atom. The lowest BCUT2D eigenvalue weighted by molar-refractivity contribution is 0.390. The molecular formula is C7H10N2O3S. The van der Waals surface area contributed by atoms with E-state index in [0.29, 0.717) is 5.69 Å². The van der Waals surface area contributed by atoms with Gasteiger partial charge in [-0.05, 0) is 6.92 Å². The molecule has 1 aromatic heterocycles. The van der Waals surface area contributed by atoms with E-state index < -0.39 is 9.84 Å². The van der Waals surface area contributed by atoms with Gasteiger partial charge in [0.25, 0.3) is 0 Å². The Bertz CT molecular complexity index is 414. The highest BCUT2D eigenvalue weighted by Crippen LogP contribution is 2.11. The molecule has 0 aliphatic carbocycles. The monoisotopic (exact) mass is 202 g/mol. The van der Waals surface area contributed by atoms with E-state index >= 15 is 0 Å². The van der Waals surface area contributed by atoms with Crippen LogP contribution in [0.3, 0.4) is 0 Å². The van der Waals surface area contributed by atoms with Crippen molar-refractivity contribution in [2.24, 2.45) is 0 Å². The van der Waals surface area contributed by atoms with E-state index in [-0.39, 0.29) is 11.0 Å². The summed E-state index contributed by atoms with van der Waals surface area (Å²) in [5.41, 5.74) is 0.562. The Balaban J connectivity index is 3.33. The molecule has 0 N–H and O–H groups in total. The maximum Gasteiger partial charge on any atom is 0.250 e. The van der Waals surface area contributed by atoms with E-state index in [2.05, 4.69) is 9.97 Å². The second-order valence-corrected chi connectivity index (χ2v) is 4.52. The van der Waals surface area contributed by atoms with E-state index in [1.54, 1.807) is 13.0 Å². The number of aromatic nitrogens is 2. The third-order valence-electron chi connectivity index (χ3n) is 1.35. The summed E-state index contributed by atoms with van der Waals surface area (Å²) in [4.78, 5) is 7.48. The summed E-state index contributed by atoms with van der Waals surface area (Å²) in [7, 11) is -1.94. The third kappa shape index (κ3) is 2.38. The zero-order chi connectivity index (χ0) is 10.1. The summed E-state index contributed by atoms with van der Waals surface area (Å²) < 4.78 is 27.0. The molecule has 1 aromatic rings. The van der Waals surface area contributed by atoms with E-state index in [1.165, 1.54) is 7.11 Å². The number of rotatable bonds is 2. The number of ether oxygens (including phenoxy) is 1. The lowest BCUT2D eigenvalue weighted by Gasteiger charge is -2.02. The molecule has 6 heteroatoms. The molecule has 0 aliphatic heterocycles. The number of hydrogen-bond donors (Lipinski definition) is 0. The topological polar surface area (TPSA) is 69.2 Å². The van der Waals surface area contributed by atoms with Crippen LogP contribution in [0.25, 0.3) is 0 Å². The fourth-order valence-electron chi connectivity index (χ4n) is 0.784. The zero-order valence-corrected chi connectivity index (χ0v) is 8.42. The summed E-state index contributed by atoms with van der Waals surface area (Å²) in [5.74, 6) is 0.257. The van der Waals surface area contributed by atoms with Gasteiger partial charge in [0.2, 0.25) is 20.9 Å². The number of nitrogens with zero attached hydrogens (tertiary/aromatic N) is 2. The summed E-state index contributed by atoms with van der Waals surface area (Å²) in [5, 5.41) is -0.204. The van der Waals surface area contributed by atoms with Crippen LogP contribution in [0.15, 0.2) is 11.2 Å². The predicted octanol–water partition coefficient (Wildman–Crippen LogP) is 0.197. The van der Waals surface area contributed by atoms with Crippen LogP contribution in [0.2, 0.25) is 0 Å². The molecule has 0 fully saturated rings. The molecule has 0 saturated heterocycles. The predicted molar refractivity (Wildman–Crippen MR) is 46.4 cm³/mol. The van der Waals surface area contributed by atoms with Gasteiger partial charge in [0.05, 0.1) is 7.11 Å². The Morgan fingerprint density at radius 3 is 2.46 bits per heavy atom. The highest BCUT2D eigenvalue weighted by molar-refractivity contribution is 7.90. The second kappa shape index (κ2) is 3.29. The van der Waals surface area contributed by atoms with Crippen molar-refractivity contribution in [3.63, 3.8) is 0 Å². The second-order valence-electron chi connectivity index (χ2n) is 2.61. The first kappa shape index (κ1) is 9.91. The van der Waals surface area contributed by atoms with Gasteiger partial charge in [-0.1, -0.05) is 0 Å². The van der Waals surface area contributed by atoms with Crippen LogP contribution in [0, 0.1) is 6.92 Å². The van der Waals surface area contributed by atoms with Gasteiger partial charge in [0, 0.05) is 18.0 Å². The van der Waals surface area contributed by atoms with Crippen molar-refractivity contribution < 1.29 is 13.2 Å². The first-order valence-electron chi connectivity index (χ1n) is 3.53. The van der Waals surface area contributed by atoms with E-state index in [4.69, 9.17) is 4.74 Å². The van der Waals surface area contributed by atoms with Crippen LogP contribution in [0.1, 0.15) is 5.69 Å². The summed E-state index contributed by atoms with van der Waals surface area (Å²) in [6, 6.07) is 1.56. The average Bonchev–Trinajstić information content (AvgIpc) is 2.01. The molecule has 1 heterocycles. The van der Waals surface area contributed by atoms with Crippen LogP contribution >= 0.6 is 0 Å². The first-order chi connectivity index (χ1) is 5.93. The minimum Gasteiger partial charge on any atom is -0.481 e. The van der Waals surface area contributed by atoms with Crippen LogP contribution in [0.4, 0.5) is 0 Å². The van der Waals surface area contributed by atoms with Gasteiger partial charge in [-0.3, -0.25) is 0 Å². The van der Waals surface area contributed by atoms with Crippen molar-refractivity contribution in [3.8, 4) is 5.88 Å². The Labute approximate surface area is 76.7 Å². The van der Waals surface area contributed by atoms with Crippen molar-refractivity contribution in [3.05, 3.63) is 11.8 Å². The lowest BCUT2D eigenvalue weighted by Crippen LogP contribution is -2.06. The van der Waals surface area contributed by atoms with Gasteiger partial charge in [-0.15, -0.1) is 0 Å². The number of hydrogen-bond acceptors (Lipinski definition) is 5. The van der Waals surface area contributed by atoms with Crippen molar-refractivity contribution in [1.29, 1.82) is 0 Å². The van der Waals surface area contributed by atoms with Gasteiger partial charge in [0.1, 0.15) is 0 Å². The summed E-state index contributed by atoms with van der Waals surface area (Å²) >= 11 is 0. The van der Waals surface area contributed by atoms with Crippen molar-refractivity contribution in [2.75, 3.05) is 13.4 Å². The minimum atomic E-state index is -3.36. The Morgan fingerprint density at radius 1 is 1.38 bits per heavy atom. The Hall–Kier alpha value is -1.17. The van der Waals surface area contributed by atoms with Gasteiger partial charge in [0.15, 0.2) is 0 Å². The smallest absolute Gasteiger partial charge is 0.250 e. The molecule has 0 spiro atoms. The maximum absolute atomic E-state index is 11.1. The average molecular weight is 202 g/mol. The molecule has 72 valence electrons. The van der Waals surface area contributed by atoms with Crippen LogP contribution in [-0.2, 0) is 9.84 Å². The molecule has 0 amide bonds.